The Morgan fingerprint density at radius 2 is 1.86 bits per heavy atom. The monoisotopic (exact) mass is 535 g/mol. The summed E-state index contributed by atoms with van der Waals surface area (Å²) in [5, 5.41) is 14.7. The fourth-order valence-corrected chi connectivity index (χ4v) is 6.84. The number of nitro benzene ring substituents is 1. The van der Waals surface area contributed by atoms with Crippen LogP contribution in [0.1, 0.15) is 29.5 Å². The maximum absolute atomic E-state index is 13.1. The van der Waals surface area contributed by atoms with Crippen LogP contribution in [0.15, 0.2) is 83.8 Å². The summed E-state index contributed by atoms with van der Waals surface area (Å²) in [4.78, 5) is 10.6. The van der Waals surface area contributed by atoms with Crippen LogP contribution in [0.25, 0.3) is 0 Å². The number of hydrogen-bond donors (Lipinski definition) is 2. The molecule has 0 amide bonds. The number of nitrogens with zero attached hydrogens (tertiary/aromatic N) is 1. The lowest BCUT2D eigenvalue weighted by Gasteiger charge is -2.37. The topological polar surface area (TPSA) is 111 Å². The molecule has 3 aliphatic rings. The Labute approximate surface area is 219 Å². The first-order valence-corrected chi connectivity index (χ1v) is 14.7. The molecule has 0 unspecified atom stereocenters. The van der Waals surface area contributed by atoms with E-state index in [-0.39, 0.29) is 34.1 Å². The predicted molar refractivity (Wildman–Crippen MR) is 145 cm³/mol. The molecule has 0 bridgehead atoms. The molecule has 0 aromatic heterocycles. The molecule has 2 heterocycles. The summed E-state index contributed by atoms with van der Waals surface area (Å²) in [7, 11) is -3.94. The predicted octanol–water partition coefficient (Wildman–Crippen LogP) is 5.72. The van der Waals surface area contributed by atoms with Gasteiger partial charge in [0.25, 0.3) is 15.7 Å². The van der Waals surface area contributed by atoms with Crippen molar-refractivity contribution in [2.75, 3.05) is 21.5 Å². The van der Waals surface area contributed by atoms with Gasteiger partial charge in [-0.1, -0.05) is 30.4 Å². The van der Waals surface area contributed by atoms with Crippen molar-refractivity contribution in [3.8, 4) is 5.75 Å². The van der Waals surface area contributed by atoms with Crippen LogP contribution in [0.3, 0.4) is 0 Å². The Hall–Kier alpha value is -3.50. The summed E-state index contributed by atoms with van der Waals surface area (Å²) in [6.07, 6.45) is 5.51. The summed E-state index contributed by atoms with van der Waals surface area (Å²) in [5.41, 5.74) is 2.97. The number of hydrogen-bond acceptors (Lipinski definition) is 7. The number of nitrogens with one attached hydrogen (secondary N) is 2. The summed E-state index contributed by atoms with van der Waals surface area (Å²) >= 11 is 1.89. The maximum Gasteiger partial charge on any atom is 0.271 e. The molecule has 3 aromatic carbocycles. The average Bonchev–Trinajstić information content (AvgIpc) is 3.36. The van der Waals surface area contributed by atoms with Crippen molar-refractivity contribution >= 4 is 38.8 Å². The van der Waals surface area contributed by atoms with Gasteiger partial charge in [0, 0.05) is 35.2 Å². The minimum atomic E-state index is -3.94. The molecule has 1 aliphatic carbocycles. The van der Waals surface area contributed by atoms with E-state index in [1.807, 2.05) is 23.9 Å². The van der Waals surface area contributed by atoms with Gasteiger partial charge < -0.3 is 10.1 Å². The van der Waals surface area contributed by atoms with Gasteiger partial charge in [-0.3, -0.25) is 14.8 Å². The van der Waals surface area contributed by atoms with Gasteiger partial charge in [-0.2, -0.15) is 11.8 Å². The van der Waals surface area contributed by atoms with Crippen LogP contribution in [-0.4, -0.2) is 31.0 Å². The first kappa shape index (κ1) is 23.9. The SMILES string of the molecule is O=[N+]([O-])c1cccc(NS(=O)(=O)c2ccc3c(c2)[C@H]2C=CC[C@H]2[C@@H](c2ccc(OC4CSC4)cc2)N3)c1. The van der Waals surface area contributed by atoms with Gasteiger partial charge in [0.1, 0.15) is 11.9 Å². The normalized spacial score (nSPS) is 22.3. The Morgan fingerprint density at radius 3 is 2.59 bits per heavy atom. The number of sulfonamides is 1. The van der Waals surface area contributed by atoms with Gasteiger partial charge in [-0.05, 0) is 59.9 Å². The first-order valence-electron chi connectivity index (χ1n) is 12.1. The van der Waals surface area contributed by atoms with Crippen molar-refractivity contribution in [2.45, 2.75) is 29.4 Å². The molecule has 6 rings (SSSR count). The van der Waals surface area contributed by atoms with Crippen molar-refractivity contribution in [3.63, 3.8) is 0 Å². The van der Waals surface area contributed by atoms with Gasteiger partial charge in [-0.15, -0.1) is 0 Å². The Morgan fingerprint density at radius 1 is 1.05 bits per heavy atom. The summed E-state index contributed by atoms with van der Waals surface area (Å²) in [5.74, 6) is 3.30. The van der Waals surface area contributed by atoms with Crippen LogP contribution in [0.4, 0.5) is 17.1 Å². The Bertz CT molecular complexity index is 1490. The third-order valence-corrected chi connectivity index (χ3v) is 9.70. The number of fused-ring (bicyclic) bond motifs is 3. The summed E-state index contributed by atoms with van der Waals surface area (Å²) in [6.45, 7) is 0. The molecule has 2 aliphatic heterocycles. The molecule has 0 saturated carbocycles. The Kier molecular flexibility index (Phi) is 6.08. The lowest BCUT2D eigenvalue weighted by atomic mass is 9.77. The summed E-state index contributed by atoms with van der Waals surface area (Å²) in [6, 6.07) is 18.9. The molecule has 0 radical (unpaired) electrons. The van der Waals surface area contributed by atoms with Crippen molar-refractivity contribution in [1.29, 1.82) is 0 Å². The largest absolute Gasteiger partial charge is 0.489 e. The van der Waals surface area contributed by atoms with Crippen molar-refractivity contribution in [1.82, 2.24) is 0 Å². The van der Waals surface area contributed by atoms with E-state index >= 15 is 0 Å². The van der Waals surface area contributed by atoms with Crippen molar-refractivity contribution in [2.24, 2.45) is 5.92 Å². The molecule has 10 heteroatoms. The van der Waals surface area contributed by atoms with E-state index in [9.17, 15) is 18.5 Å². The highest BCUT2D eigenvalue weighted by Gasteiger charge is 2.38. The van der Waals surface area contributed by atoms with Crippen molar-refractivity contribution < 1.29 is 18.1 Å². The van der Waals surface area contributed by atoms with Gasteiger partial charge >= 0.3 is 0 Å². The fraction of sp³-hybridized carbons (Fsp3) is 0.259. The van der Waals surface area contributed by atoms with Crippen LogP contribution < -0.4 is 14.8 Å². The number of nitro groups is 1. The number of anilines is 2. The van der Waals surface area contributed by atoms with E-state index in [1.165, 1.54) is 29.8 Å². The molecule has 3 aromatic rings. The number of allylic oxidation sites excluding steroid dienone is 2. The second-order valence-corrected chi connectivity index (χ2v) is 12.2. The van der Waals surface area contributed by atoms with Gasteiger partial charge in [0.2, 0.25) is 0 Å². The molecule has 3 atom stereocenters. The van der Waals surface area contributed by atoms with Crippen molar-refractivity contribution in [3.05, 3.63) is 100 Å². The summed E-state index contributed by atoms with van der Waals surface area (Å²) < 4.78 is 34.8. The van der Waals surface area contributed by atoms with Gasteiger partial charge in [-0.25, -0.2) is 8.42 Å². The number of non-ortho nitro benzene ring substituents is 1. The van der Waals surface area contributed by atoms with E-state index in [0.717, 1.165) is 34.9 Å². The zero-order chi connectivity index (χ0) is 25.6. The third kappa shape index (κ3) is 4.67. The minimum Gasteiger partial charge on any atom is -0.489 e. The van der Waals surface area contributed by atoms with E-state index < -0.39 is 14.9 Å². The number of ether oxygens (including phenoxy) is 1. The molecular formula is C27H25N3O5S2. The Balaban J connectivity index is 1.25. The van der Waals surface area contributed by atoms with Gasteiger partial charge in [0.05, 0.1) is 21.5 Å². The van der Waals surface area contributed by atoms with Crippen LogP contribution in [0.5, 0.6) is 5.75 Å². The highest BCUT2D eigenvalue weighted by atomic mass is 32.2. The van der Waals surface area contributed by atoms with Crippen LogP contribution >= 0.6 is 11.8 Å². The zero-order valence-electron chi connectivity index (χ0n) is 19.7. The van der Waals surface area contributed by atoms with Crippen LogP contribution in [-0.2, 0) is 10.0 Å². The maximum atomic E-state index is 13.1. The molecule has 1 saturated heterocycles. The number of thioether (sulfide) groups is 1. The van der Waals surface area contributed by atoms with Crippen LogP contribution in [0.2, 0.25) is 0 Å². The standard InChI is InChI=1S/C27H25N3O5S2/c31-30(32)19-4-1-3-18(13-19)29-37(33,34)22-11-12-26-25(14-22)23-5-2-6-24(23)27(28-26)17-7-9-20(10-8-17)35-21-15-36-16-21/h1-5,7-14,21,23-24,27-29H,6,15-16H2/t23-,24+,27+/m0/s1. The van der Waals surface area contributed by atoms with Gasteiger partial charge in [0.15, 0.2) is 0 Å². The first-order chi connectivity index (χ1) is 17.9. The molecule has 190 valence electrons. The fourth-order valence-electron chi connectivity index (χ4n) is 5.19. The quantitative estimate of drug-likeness (QED) is 0.226. The zero-order valence-corrected chi connectivity index (χ0v) is 21.4. The highest BCUT2D eigenvalue weighted by molar-refractivity contribution is 8.00. The van der Waals surface area contributed by atoms with E-state index in [0.29, 0.717) is 6.10 Å². The molecule has 37 heavy (non-hydrogen) atoms. The van der Waals surface area contributed by atoms with E-state index in [4.69, 9.17) is 4.74 Å². The smallest absolute Gasteiger partial charge is 0.271 e. The lowest BCUT2D eigenvalue weighted by molar-refractivity contribution is -0.384. The number of rotatable bonds is 7. The van der Waals surface area contributed by atoms with Crippen LogP contribution in [0, 0.1) is 16.0 Å². The molecule has 8 nitrogen and oxygen atoms in total. The average molecular weight is 536 g/mol. The highest BCUT2D eigenvalue weighted by Crippen LogP contribution is 2.50. The second kappa shape index (κ2) is 9.42. The lowest BCUT2D eigenvalue weighted by Crippen LogP contribution is -2.31. The molecule has 1 fully saturated rings. The molecule has 2 N–H and O–H groups in total. The van der Waals surface area contributed by atoms with E-state index in [2.05, 4.69) is 34.3 Å². The third-order valence-electron chi connectivity index (χ3n) is 7.10. The second-order valence-electron chi connectivity index (χ2n) is 9.48. The molecular weight excluding hydrogens is 510 g/mol. The molecule has 0 spiro atoms. The van der Waals surface area contributed by atoms with E-state index in [1.54, 1.807) is 18.2 Å². The minimum absolute atomic E-state index is 0.0807. The number of benzene rings is 3.